The molecule has 0 aliphatic carbocycles. The predicted molar refractivity (Wildman–Crippen MR) is 103 cm³/mol. The zero-order chi connectivity index (χ0) is 21.4. The van der Waals surface area contributed by atoms with Gasteiger partial charge in [0.25, 0.3) is 5.88 Å². The summed E-state index contributed by atoms with van der Waals surface area (Å²) in [5.74, 6) is -1.57. The number of aliphatic imine (C=N–C) groups is 1. The van der Waals surface area contributed by atoms with Crippen LogP contribution in [0.1, 0.15) is 26.5 Å². The number of aryl methyl sites for hydroxylation is 2. The summed E-state index contributed by atoms with van der Waals surface area (Å²) in [6, 6.07) is 10.5. The molecule has 0 amide bonds. The molecule has 0 N–H and O–H groups in total. The van der Waals surface area contributed by atoms with Crippen LogP contribution in [-0.4, -0.2) is 32.4 Å². The Bertz CT molecular complexity index is 1030. The second kappa shape index (κ2) is 7.38. The molecule has 9 heteroatoms. The Balaban J connectivity index is 2.19. The summed E-state index contributed by atoms with van der Waals surface area (Å²) in [7, 11) is 1.70. The Morgan fingerprint density at radius 2 is 1.79 bits per heavy atom. The number of nitrogens with zero attached hydrogens (tertiary/aromatic N) is 4. The Labute approximate surface area is 166 Å². The normalized spacial score (nSPS) is 13.0. The molecule has 154 valence electrons. The minimum atomic E-state index is -4.79. The second-order valence-electron chi connectivity index (χ2n) is 7.46. The number of alkyl halides is 3. The molecule has 0 aliphatic rings. The van der Waals surface area contributed by atoms with Crippen LogP contribution in [-0.2, 0) is 11.8 Å². The van der Waals surface area contributed by atoms with Crippen molar-refractivity contribution in [3.63, 3.8) is 0 Å². The van der Waals surface area contributed by atoms with Crippen LogP contribution in [0, 0.1) is 6.92 Å². The predicted octanol–water partition coefficient (Wildman–Crippen LogP) is 5.46. The molecule has 0 saturated carbocycles. The first-order valence-corrected chi connectivity index (χ1v) is 8.86. The van der Waals surface area contributed by atoms with Crippen molar-refractivity contribution in [1.29, 1.82) is 0 Å². The van der Waals surface area contributed by atoms with Gasteiger partial charge < -0.3 is 9.15 Å². The zero-order valence-corrected chi connectivity index (χ0v) is 16.7. The molecule has 1 aromatic carbocycles. The maximum atomic E-state index is 13.5. The van der Waals surface area contributed by atoms with E-state index in [1.54, 1.807) is 55.1 Å². The molecule has 3 rings (SSSR count). The SMILES string of the molecule is Cc1cc(-c2nc(-c3ccccc3)c(/N=C(/OC(C)(C)C)C(F)(F)F)o2)n(C)n1. The maximum absolute atomic E-state index is 13.5. The van der Waals surface area contributed by atoms with E-state index in [9.17, 15) is 13.2 Å². The largest absolute Gasteiger partial charge is 0.468 e. The van der Waals surface area contributed by atoms with Gasteiger partial charge in [-0.2, -0.15) is 23.3 Å². The number of rotatable bonds is 3. The van der Waals surface area contributed by atoms with Gasteiger partial charge in [0.1, 0.15) is 17.0 Å². The van der Waals surface area contributed by atoms with E-state index in [2.05, 4.69) is 15.1 Å². The number of ether oxygens (including phenoxy) is 1. The average Bonchev–Trinajstić information content (AvgIpc) is 3.16. The minimum Gasteiger partial charge on any atom is -0.468 e. The minimum absolute atomic E-state index is 0.114. The van der Waals surface area contributed by atoms with Crippen molar-refractivity contribution in [1.82, 2.24) is 14.8 Å². The van der Waals surface area contributed by atoms with E-state index < -0.39 is 17.7 Å². The van der Waals surface area contributed by atoms with Gasteiger partial charge in [0.2, 0.25) is 5.89 Å². The molecule has 0 bridgehead atoms. The molecule has 6 nitrogen and oxygen atoms in total. The molecule has 2 heterocycles. The first-order valence-electron chi connectivity index (χ1n) is 8.86. The molecule has 0 spiro atoms. The van der Waals surface area contributed by atoms with Crippen LogP contribution >= 0.6 is 0 Å². The highest BCUT2D eigenvalue weighted by Gasteiger charge is 2.41. The van der Waals surface area contributed by atoms with Crippen LogP contribution in [0.15, 0.2) is 45.8 Å². The van der Waals surface area contributed by atoms with Crippen molar-refractivity contribution < 1.29 is 22.3 Å². The van der Waals surface area contributed by atoms with Crippen molar-refractivity contribution in [2.45, 2.75) is 39.5 Å². The second-order valence-corrected chi connectivity index (χ2v) is 7.46. The highest BCUT2D eigenvalue weighted by atomic mass is 19.4. The van der Waals surface area contributed by atoms with Gasteiger partial charge in [-0.05, 0) is 33.8 Å². The number of halogens is 3. The maximum Gasteiger partial charge on any atom is 0.468 e. The van der Waals surface area contributed by atoms with E-state index in [1.807, 2.05) is 0 Å². The van der Waals surface area contributed by atoms with E-state index in [4.69, 9.17) is 9.15 Å². The summed E-state index contributed by atoms with van der Waals surface area (Å²) in [4.78, 5) is 8.08. The Morgan fingerprint density at radius 3 is 2.31 bits per heavy atom. The lowest BCUT2D eigenvalue weighted by molar-refractivity contribution is -0.0896. The fourth-order valence-electron chi connectivity index (χ4n) is 2.62. The quantitative estimate of drug-likeness (QED) is 0.428. The molecule has 0 fully saturated rings. The van der Waals surface area contributed by atoms with Crippen molar-refractivity contribution >= 4 is 11.8 Å². The van der Waals surface area contributed by atoms with Crippen LogP contribution in [0.4, 0.5) is 19.1 Å². The summed E-state index contributed by atoms with van der Waals surface area (Å²) in [6.45, 7) is 6.33. The van der Waals surface area contributed by atoms with E-state index in [-0.39, 0.29) is 17.5 Å². The van der Waals surface area contributed by atoms with Crippen LogP contribution in [0.25, 0.3) is 22.8 Å². The molecule has 0 saturated heterocycles. The van der Waals surface area contributed by atoms with Crippen LogP contribution in [0.2, 0.25) is 0 Å². The molecule has 29 heavy (non-hydrogen) atoms. The molecule has 0 aliphatic heterocycles. The molecule has 3 aromatic rings. The molecule has 0 atom stereocenters. The standard InChI is InChI=1S/C20H21F3N4O2/c1-12-11-14(27(5)26-12)16-24-15(13-9-7-6-8-10-13)17(28-16)25-18(20(21,22)23)29-19(2,3)4/h6-11H,1-5H3/b25-18+. The number of hydrogen-bond acceptors (Lipinski definition) is 5. The monoisotopic (exact) mass is 406 g/mol. The highest BCUT2D eigenvalue weighted by Crippen LogP contribution is 2.36. The van der Waals surface area contributed by atoms with Gasteiger partial charge in [0.15, 0.2) is 0 Å². The molecule has 0 unspecified atom stereocenters. The summed E-state index contributed by atoms with van der Waals surface area (Å²) in [6.07, 6.45) is -4.79. The van der Waals surface area contributed by atoms with Gasteiger partial charge >= 0.3 is 12.1 Å². The van der Waals surface area contributed by atoms with Crippen molar-refractivity contribution in [2.75, 3.05) is 0 Å². The summed E-state index contributed by atoms with van der Waals surface area (Å²) >= 11 is 0. The van der Waals surface area contributed by atoms with Gasteiger partial charge in [-0.25, -0.2) is 4.98 Å². The molecule has 2 aromatic heterocycles. The fourth-order valence-corrected chi connectivity index (χ4v) is 2.62. The van der Waals surface area contributed by atoms with Crippen LogP contribution < -0.4 is 0 Å². The van der Waals surface area contributed by atoms with Gasteiger partial charge in [-0.3, -0.25) is 4.68 Å². The third kappa shape index (κ3) is 4.85. The first kappa shape index (κ1) is 20.6. The number of benzene rings is 1. The summed E-state index contributed by atoms with van der Waals surface area (Å²) < 4.78 is 52.9. The van der Waals surface area contributed by atoms with Crippen LogP contribution in [0.5, 0.6) is 0 Å². The first-order chi connectivity index (χ1) is 13.4. The smallest absolute Gasteiger partial charge is 0.468 e. The molecular weight excluding hydrogens is 385 g/mol. The van der Waals surface area contributed by atoms with Crippen LogP contribution in [0.3, 0.4) is 0 Å². The highest BCUT2D eigenvalue weighted by molar-refractivity contribution is 5.86. The van der Waals surface area contributed by atoms with Gasteiger partial charge in [-0.1, -0.05) is 30.3 Å². The van der Waals surface area contributed by atoms with E-state index in [0.717, 1.165) is 5.69 Å². The number of hydrogen-bond donors (Lipinski definition) is 0. The number of aromatic nitrogens is 3. The zero-order valence-electron chi connectivity index (χ0n) is 16.7. The lowest BCUT2D eigenvalue weighted by Crippen LogP contribution is -2.33. The van der Waals surface area contributed by atoms with E-state index in [1.165, 1.54) is 20.8 Å². The molecular formula is C20H21F3N4O2. The van der Waals surface area contributed by atoms with Gasteiger partial charge in [0, 0.05) is 12.6 Å². The summed E-state index contributed by atoms with van der Waals surface area (Å²) in [5, 5.41) is 4.22. The Kier molecular flexibility index (Phi) is 5.25. The van der Waals surface area contributed by atoms with Crippen molar-refractivity contribution in [3.8, 4) is 22.8 Å². The fraction of sp³-hybridized carbons (Fsp3) is 0.350. The third-order valence-corrected chi connectivity index (χ3v) is 3.73. The molecule has 0 radical (unpaired) electrons. The van der Waals surface area contributed by atoms with Crippen molar-refractivity contribution in [2.24, 2.45) is 12.0 Å². The van der Waals surface area contributed by atoms with E-state index >= 15 is 0 Å². The lowest BCUT2D eigenvalue weighted by Gasteiger charge is -2.23. The van der Waals surface area contributed by atoms with Gasteiger partial charge in [0.05, 0.1) is 5.69 Å². The summed E-state index contributed by atoms with van der Waals surface area (Å²) in [5.41, 5.74) is 0.894. The van der Waals surface area contributed by atoms with Crippen molar-refractivity contribution in [3.05, 3.63) is 42.1 Å². The van der Waals surface area contributed by atoms with Gasteiger partial charge in [-0.15, -0.1) is 0 Å². The lowest BCUT2D eigenvalue weighted by atomic mass is 10.1. The average molecular weight is 406 g/mol. The van der Waals surface area contributed by atoms with E-state index in [0.29, 0.717) is 11.3 Å². The third-order valence-electron chi connectivity index (χ3n) is 3.73. The topological polar surface area (TPSA) is 65.4 Å². The Hall–Kier alpha value is -3.10. The Morgan fingerprint density at radius 1 is 1.14 bits per heavy atom. The number of oxazole rings is 1.